The Kier molecular flexibility index (Phi) is 10.7. The molecular weight excluding hydrogens is 468 g/mol. The monoisotopic (exact) mass is 506 g/mol. The molecule has 0 amide bonds. The minimum atomic E-state index is 0.339. The number of hydrogen-bond acceptors (Lipinski definition) is 6. The summed E-state index contributed by atoms with van der Waals surface area (Å²) in [6.07, 6.45) is 3.17. The highest BCUT2D eigenvalue weighted by atomic mass is 16.6. The van der Waals surface area contributed by atoms with Gasteiger partial charge in [-0.3, -0.25) is 0 Å². The van der Waals surface area contributed by atoms with Gasteiger partial charge in [0.05, 0.1) is 19.8 Å². The van der Waals surface area contributed by atoms with Crippen molar-refractivity contribution in [2.24, 2.45) is 0 Å². The lowest BCUT2D eigenvalue weighted by molar-refractivity contribution is 0.263. The molecule has 3 atom stereocenters. The molecule has 3 aromatic carbocycles. The van der Waals surface area contributed by atoms with Gasteiger partial charge in [0.25, 0.3) is 0 Å². The van der Waals surface area contributed by atoms with Gasteiger partial charge >= 0.3 is 0 Å². The van der Waals surface area contributed by atoms with Crippen molar-refractivity contribution in [3.8, 4) is 17.2 Å². The number of aryl methyl sites for hydroxylation is 2. The molecule has 3 aliphatic rings. The van der Waals surface area contributed by atoms with Gasteiger partial charge in [-0.1, -0.05) is 56.3 Å². The minimum Gasteiger partial charge on any atom is -0.491 e. The highest BCUT2D eigenvalue weighted by Crippen LogP contribution is 2.17. The Morgan fingerprint density at radius 2 is 0.838 bits per heavy atom. The summed E-state index contributed by atoms with van der Waals surface area (Å²) in [4.78, 5) is 0. The van der Waals surface area contributed by atoms with Crippen LogP contribution in [0.25, 0.3) is 0 Å². The molecule has 6 heteroatoms. The summed E-state index contributed by atoms with van der Waals surface area (Å²) in [7, 11) is 0. The normalized spacial score (nSPS) is 20.3. The summed E-state index contributed by atoms with van der Waals surface area (Å²) in [5.74, 6) is 2.79. The van der Waals surface area contributed by atoms with Crippen LogP contribution in [0, 0.1) is 0 Å². The van der Waals surface area contributed by atoms with E-state index >= 15 is 0 Å². The molecule has 0 saturated carbocycles. The van der Waals surface area contributed by atoms with Crippen molar-refractivity contribution in [3.05, 3.63) is 90.0 Å². The second-order valence-corrected chi connectivity index (χ2v) is 9.11. The number of epoxide rings is 3. The van der Waals surface area contributed by atoms with Gasteiger partial charge in [-0.25, -0.2) is 0 Å². The van der Waals surface area contributed by atoms with Gasteiger partial charge < -0.3 is 28.4 Å². The van der Waals surface area contributed by atoms with E-state index in [1.165, 1.54) is 11.1 Å². The molecule has 3 aliphatic heterocycles. The maximum absolute atomic E-state index is 5.50. The van der Waals surface area contributed by atoms with Crippen LogP contribution in [-0.2, 0) is 27.1 Å². The first-order valence-electron chi connectivity index (χ1n) is 13.2. The average Bonchev–Trinajstić information content (AvgIpc) is 3.80. The lowest BCUT2D eigenvalue weighted by atomic mass is 10.2. The van der Waals surface area contributed by atoms with Crippen LogP contribution in [0.1, 0.15) is 25.0 Å². The van der Waals surface area contributed by atoms with Crippen LogP contribution in [0.3, 0.4) is 0 Å². The largest absolute Gasteiger partial charge is 0.491 e. The molecule has 3 heterocycles. The Balaban J connectivity index is 0.000000130. The van der Waals surface area contributed by atoms with E-state index in [-0.39, 0.29) is 0 Å². The van der Waals surface area contributed by atoms with Gasteiger partial charge in [0.15, 0.2) is 0 Å². The Labute approximate surface area is 220 Å². The summed E-state index contributed by atoms with van der Waals surface area (Å²) >= 11 is 0. The van der Waals surface area contributed by atoms with Crippen LogP contribution in [0.15, 0.2) is 78.9 Å². The van der Waals surface area contributed by atoms with Crippen molar-refractivity contribution in [3.63, 3.8) is 0 Å². The number of rotatable bonds is 11. The van der Waals surface area contributed by atoms with E-state index in [1.807, 2.05) is 54.6 Å². The van der Waals surface area contributed by atoms with E-state index in [9.17, 15) is 0 Å². The topological polar surface area (TPSA) is 65.3 Å². The molecule has 0 spiro atoms. The smallest absolute Gasteiger partial charge is 0.119 e. The summed E-state index contributed by atoms with van der Waals surface area (Å²) in [6, 6.07) is 26.3. The lowest BCUT2D eigenvalue weighted by Crippen LogP contribution is -2.03. The molecule has 6 rings (SSSR count). The second-order valence-electron chi connectivity index (χ2n) is 9.11. The van der Waals surface area contributed by atoms with E-state index in [1.54, 1.807) is 0 Å². The molecule has 6 nitrogen and oxygen atoms in total. The van der Waals surface area contributed by atoms with Crippen LogP contribution in [-0.4, -0.2) is 58.0 Å². The molecule has 0 aliphatic carbocycles. The third kappa shape index (κ3) is 11.3. The Bertz CT molecular complexity index is 950. The number of hydrogen-bond donors (Lipinski definition) is 0. The summed E-state index contributed by atoms with van der Waals surface area (Å²) < 4.78 is 31.5. The standard InChI is InChI=1S/2C11H14O2.C9H10O2/c2*1-2-9-3-5-10(6-4-9)12-7-11-8-13-11;1-2-4-8(5-3-1)10-6-9-7-11-9/h2*3-6,11H,2,7-8H2,1H3;1-5,9H,6-7H2. The van der Waals surface area contributed by atoms with Crippen molar-refractivity contribution >= 4 is 0 Å². The zero-order valence-corrected chi connectivity index (χ0v) is 21.8. The lowest BCUT2D eigenvalue weighted by Gasteiger charge is -2.04. The predicted octanol–water partition coefficient (Wildman–Crippen LogP) is 5.52. The molecule has 3 unspecified atom stereocenters. The van der Waals surface area contributed by atoms with Crippen LogP contribution in [0.5, 0.6) is 17.2 Å². The first-order chi connectivity index (χ1) is 18.2. The zero-order chi connectivity index (χ0) is 25.7. The van der Waals surface area contributed by atoms with E-state index in [4.69, 9.17) is 28.4 Å². The van der Waals surface area contributed by atoms with Gasteiger partial charge in [-0.2, -0.15) is 0 Å². The van der Waals surface area contributed by atoms with Gasteiger partial charge in [0.2, 0.25) is 0 Å². The predicted molar refractivity (Wildman–Crippen MR) is 144 cm³/mol. The van der Waals surface area contributed by atoms with E-state index in [0.717, 1.165) is 49.9 Å². The van der Waals surface area contributed by atoms with Gasteiger partial charge in [0, 0.05) is 0 Å². The first-order valence-corrected chi connectivity index (χ1v) is 13.2. The molecular formula is C31H38O6. The number of para-hydroxylation sites is 1. The molecule has 0 aromatic heterocycles. The van der Waals surface area contributed by atoms with Crippen molar-refractivity contribution in [1.82, 2.24) is 0 Å². The van der Waals surface area contributed by atoms with Crippen molar-refractivity contribution < 1.29 is 28.4 Å². The molecule has 0 bridgehead atoms. The van der Waals surface area contributed by atoms with Gasteiger partial charge in [0.1, 0.15) is 55.4 Å². The van der Waals surface area contributed by atoms with Crippen LogP contribution >= 0.6 is 0 Å². The first kappa shape index (κ1) is 27.0. The highest BCUT2D eigenvalue weighted by molar-refractivity contribution is 5.28. The Hall–Kier alpha value is -3.06. The maximum Gasteiger partial charge on any atom is 0.119 e. The number of ether oxygens (including phenoxy) is 6. The fourth-order valence-corrected chi connectivity index (χ4v) is 3.22. The Morgan fingerprint density at radius 3 is 1.14 bits per heavy atom. The summed E-state index contributed by atoms with van der Waals surface area (Å²) in [5, 5.41) is 0. The van der Waals surface area contributed by atoms with Crippen molar-refractivity contribution in [2.45, 2.75) is 45.0 Å². The van der Waals surface area contributed by atoms with Crippen molar-refractivity contribution in [1.29, 1.82) is 0 Å². The van der Waals surface area contributed by atoms with Crippen LogP contribution in [0.4, 0.5) is 0 Å². The Morgan fingerprint density at radius 1 is 0.514 bits per heavy atom. The molecule has 3 saturated heterocycles. The van der Waals surface area contributed by atoms with Crippen LogP contribution in [0.2, 0.25) is 0 Å². The molecule has 0 radical (unpaired) electrons. The summed E-state index contributed by atoms with van der Waals surface area (Å²) in [5.41, 5.74) is 2.69. The van der Waals surface area contributed by atoms with Gasteiger partial charge in [-0.05, 0) is 60.4 Å². The third-order valence-corrected chi connectivity index (χ3v) is 5.92. The molecule has 37 heavy (non-hydrogen) atoms. The molecule has 198 valence electrons. The molecule has 3 fully saturated rings. The molecule has 3 aromatic rings. The second kappa shape index (κ2) is 14.6. The van der Waals surface area contributed by atoms with Crippen LogP contribution < -0.4 is 14.2 Å². The summed E-state index contributed by atoms with van der Waals surface area (Å²) in [6.45, 7) is 8.91. The number of benzene rings is 3. The van der Waals surface area contributed by atoms with E-state index in [0.29, 0.717) is 38.1 Å². The highest BCUT2D eigenvalue weighted by Gasteiger charge is 2.24. The van der Waals surface area contributed by atoms with Crippen molar-refractivity contribution in [2.75, 3.05) is 39.6 Å². The maximum atomic E-state index is 5.50. The molecule has 0 N–H and O–H groups in total. The fourth-order valence-electron chi connectivity index (χ4n) is 3.22. The average molecular weight is 507 g/mol. The SMILES string of the molecule is CCc1ccc(OCC2CO2)cc1.CCc1ccc(OCC2CO2)cc1.c1ccc(OCC2CO2)cc1. The fraction of sp³-hybridized carbons (Fsp3) is 0.419. The minimum absolute atomic E-state index is 0.339. The zero-order valence-electron chi connectivity index (χ0n) is 21.8. The van der Waals surface area contributed by atoms with Gasteiger partial charge in [-0.15, -0.1) is 0 Å². The van der Waals surface area contributed by atoms with E-state index in [2.05, 4.69) is 38.1 Å². The quantitative estimate of drug-likeness (QED) is 0.319. The van der Waals surface area contributed by atoms with E-state index < -0.39 is 0 Å². The third-order valence-electron chi connectivity index (χ3n) is 5.92.